The highest BCUT2D eigenvalue weighted by Gasteiger charge is 2.13. The molecule has 36 heavy (non-hydrogen) atoms. The van der Waals surface area contributed by atoms with E-state index in [1.165, 1.54) is 0 Å². The van der Waals surface area contributed by atoms with Crippen molar-refractivity contribution >= 4 is 22.5 Å². The minimum Gasteiger partial charge on any atom is -0.322 e. The number of carbonyl (C=O) groups is 1. The molecule has 1 amide bonds. The largest absolute Gasteiger partial charge is 0.322 e. The van der Waals surface area contributed by atoms with Crippen molar-refractivity contribution in [3.8, 4) is 11.1 Å². The number of amides is 1. The van der Waals surface area contributed by atoms with E-state index >= 15 is 0 Å². The summed E-state index contributed by atoms with van der Waals surface area (Å²) in [6, 6.07) is 32.8. The second kappa shape index (κ2) is 10.4. The molecule has 5 aromatic rings. The van der Waals surface area contributed by atoms with E-state index in [4.69, 9.17) is 4.98 Å². The molecule has 4 aromatic carbocycles. The minimum atomic E-state index is -0.218. The summed E-state index contributed by atoms with van der Waals surface area (Å²) in [5, 5.41) is 3.38. The van der Waals surface area contributed by atoms with Gasteiger partial charge in [-0.3, -0.25) is 14.2 Å². The molecule has 1 aromatic heterocycles. The SMILES string of the molecule is CCCc1nc2ccc(NC(=O)c3ccccc3)cc2c(=O)n1Cc1ccc(-c2ccccc2)cc1. The van der Waals surface area contributed by atoms with Crippen molar-refractivity contribution < 1.29 is 4.79 Å². The number of anilines is 1. The lowest BCUT2D eigenvalue weighted by atomic mass is 10.0. The van der Waals surface area contributed by atoms with Crippen LogP contribution in [0.1, 0.15) is 35.1 Å². The van der Waals surface area contributed by atoms with Gasteiger partial charge in [-0.05, 0) is 53.4 Å². The molecule has 5 heteroatoms. The molecule has 0 unspecified atom stereocenters. The first-order valence-corrected chi connectivity index (χ1v) is 12.2. The fourth-order valence-electron chi connectivity index (χ4n) is 4.33. The Balaban J connectivity index is 1.47. The maximum Gasteiger partial charge on any atom is 0.261 e. The highest BCUT2D eigenvalue weighted by Crippen LogP contribution is 2.21. The van der Waals surface area contributed by atoms with Gasteiger partial charge in [0, 0.05) is 17.7 Å². The number of nitrogens with zero attached hydrogens (tertiary/aromatic N) is 2. The fraction of sp³-hybridized carbons (Fsp3) is 0.129. The second-order valence-corrected chi connectivity index (χ2v) is 8.78. The molecule has 0 aliphatic carbocycles. The summed E-state index contributed by atoms with van der Waals surface area (Å²) < 4.78 is 1.76. The van der Waals surface area contributed by atoms with E-state index in [1.54, 1.807) is 34.9 Å². The molecule has 5 nitrogen and oxygen atoms in total. The molecule has 1 heterocycles. The Bertz CT molecular complexity index is 1560. The summed E-state index contributed by atoms with van der Waals surface area (Å²) in [4.78, 5) is 31.1. The van der Waals surface area contributed by atoms with Gasteiger partial charge in [-0.15, -0.1) is 0 Å². The fourth-order valence-corrected chi connectivity index (χ4v) is 4.33. The van der Waals surface area contributed by atoms with Gasteiger partial charge in [-0.25, -0.2) is 4.98 Å². The first-order valence-electron chi connectivity index (χ1n) is 12.2. The molecule has 0 saturated heterocycles. The Morgan fingerprint density at radius 3 is 2.19 bits per heavy atom. The number of rotatable bonds is 7. The number of aromatic nitrogens is 2. The van der Waals surface area contributed by atoms with Gasteiger partial charge in [-0.2, -0.15) is 0 Å². The molecule has 1 N–H and O–H groups in total. The molecule has 5 rings (SSSR count). The van der Waals surface area contributed by atoms with Crippen molar-refractivity contribution in [2.24, 2.45) is 0 Å². The predicted molar refractivity (Wildman–Crippen MR) is 145 cm³/mol. The highest BCUT2D eigenvalue weighted by atomic mass is 16.1. The average molecular weight is 474 g/mol. The van der Waals surface area contributed by atoms with Gasteiger partial charge in [0.1, 0.15) is 5.82 Å². The average Bonchev–Trinajstić information content (AvgIpc) is 2.93. The summed E-state index contributed by atoms with van der Waals surface area (Å²) in [7, 11) is 0. The zero-order valence-corrected chi connectivity index (χ0v) is 20.1. The summed E-state index contributed by atoms with van der Waals surface area (Å²) in [6.45, 7) is 2.52. The third-order valence-electron chi connectivity index (χ3n) is 6.20. The lowest BCUT2D eigenvalue weighted by molar-refractivity contribution is 0.102. The summed E-state index contributed by atoms with van der Waals surface area (Å²) >= 11 is 0. The molecule has 0 radical (unpaired) electrons. The Morgan fingerprint density at radius 1 is 0.833 bits per heavy atom. The van der Waals surface area contributed by atoms with Gasteiger partial charge in [-0.1, -0.05) is 79.7 Å². The Labute approximate surface area is 210 Å². The zero-order chi connectivity index (χ0) is 24.9. The van der Waals surface area contributed by atoms with Crippen LogP contribution in [0.5, 0.6) is 0 Å². The molecule has 0 aliphatic heterocycles. The smallest absolute Gasteiger partial charge is 0.261 e. The number of hydrogen-bond donors (Lipinski definition) is 1. The predicted octanol–water partition coefficient (Wildman–Crippen LogP) is 6.32. The molecule has 0 saturated carbocycles. The van der Waals surface area contributed by atoms with E-state index < -0.39 is 0 Å². The van der Waals surface area contributed by atoms with Crippen molar-refractivity contribution in [3.05, 3.63) is 130 Å². The van der Waals surface area contributed by atoms with E-state index in [9.17, 15) is 9.59 Å². The van der Waals surface area contributed by atoms with Crippen LogP contribution in [0, 0.1) is 0 Å². The molecular formula is C31H27N3O2. The van der Waals surface area contributed by atoms with Gasteiger partial charge in [0.15, 0.2) is 0 Å². The zero-order valence-electron chi connectivity index (χ0n) is 20.1. The van der Waals surface area contributed by atoms with E-state index in [2.05, 4.69) is 48.6 Å². The van der Waals surface area contributed by atoms with Crippen LogP contribution < -0.4 is 10.9 Å². The van der Waals surface area contributed by atoms with Crippen molar-refractivity contribution in [2.45, 2.75) is 26.3 Å². The number of aryl methyl sites for hydroxylation is 1. The molecule has 0 bridgehead atoms. The molecular weight excluding hydrogens is 446 g/mol. The van der Waals surface area contributed by atoms with Crippen LogP contribution in [0.4, 0.5) is 5.69 Å². The van der Waals surface area contributed by atoms with E-state index in [0.29, 0.717) is 35.1 Å². The van der Waals surface area contributed by atoms with Gasteiger partial charge in [0.2, 0.25) is 0 Å². The molecule has 178 valence electrons. The van der Waals surface area contributed by atoms with Crippen LogP contribution in [0.25, 0.3) is 22.0 Å². The van der Waals surface area contributed by atoms with Gasteiger partial charge >= 0.3 is 0 Å². The standard InChI is InChI=1S/C31H27N3O2/c1-2-9-29-33-28-19-18-26(32-30(35)25-12-7-4-8-13-25)20-27(28)31(36)34(29)21-22-14-16-24(17-15-22)23-10-5-3-6-11-23/h3-8,10-20H,2,9,21H2,1H3,(H,32,35). The summed E-state index contributed by atoms with van der Waals surface area (Å²) in [5.74, 6) is 0.549. The van der Waals surface area contributed by atoms with Crippen LogP contribution in [-0.2, 0) is 13.0 Å². The monoisotopic (exact) mass is 473 g/mol. The van der Waals surface area contributed by atoms with Gasteiger partial charge in [0.25, 0.3) is 11.5 Å². The van der Waals surface area contributed by atoms with Crippen molar-refractivity contribution in [3.63, 3.8) is 0 Å². The quantitative estimate of drug-likeness (QED) is 0.301. The number of nitrogens with one attached hydrogen (secondary N) is 1. The maximum atomic E-state index is 13.6. The first kappa shape index (κ1) is 23.2. The summed E-state index contributed by atoms with van der Waals surface area (Å²) in [6.07, 6.45) is 1.59. The first-order chi connectivity index (χ1) is 17.6. The Kier molecular flexibility index (Phi) is 6.72. The molecule has 0 spiro atoms. The van der Waals surface area contributed by atoms with E-state index in [1.807, 2.05) is 36.4 Å². The Morgan fingerprint density at radius 2 is 1.50 bits per heavy atom. The van der Waals surface area contributed by atoms with Crippen LogP contribution >= 0.6 is 0 Å². The number of benzene rings is 4. The normalized spacial score (nSPS) is 10.9. The summed E-state index contributed by atoms with van der Waals surface area (Å²) in [5.41, 5.74) is 4.98. The van der Waals surface area contributed by atoms with Crippen LogP contribution in [0.3, 0.4) is 0 Å². The second-order valence-electron chi connectivity index (χ2n) is 8.78. The minimum absolute atomic E-state index is 0.105. The van der Waals surface area contributed by atoms with Crippen molar-refractivity contribution in [1.29, 1.82) is 0 Å². The topological polar surface area (TPSA) is 64.0 Å². The van der Waals surface area contributed by atoms with Crippen LogP contribution in [-0.4, -0.2) is 15.5 Å². The third kappa shape index (κ3) is 4.96. The van der Waals surface area contributed by atoms with Gasteiger partial charge < -0.3 is 5.32 Å². The lowest BCUT2D eigenvalue weighted by Crippen LogP contribution is -2.26. The van der Waals surface area contributed by atoms with Crippen molar-refractivity contribution in [1.82, 2.24) is 9.55 Å². The van der Waals surface area contributed by atoms with Crippen molar-refractivity contribution in [2.75, 3.05) is 5.32 Å². The third-order valence-corrected chi connectivity index (χ3v) is 6.20. The maximum absolute atomic E-state index is 13.6. The van der Waals surface area contributed by atoms with Crippen LogP contribution in [0.2, 0.25) is 0 Å². The highest BCUT2D eigenvalue weighted by molar-refractivity contribution is 6.05. The van der Waals surface area contributed by atoms with E-state index in [-0.39, 0.29) is 11.5 Å². The molecule has 0 atom stereocenters. The number of hydrogen-bond acceptors (Lipinski definition) is 3. The van der Waals surface area contributed by atoms with Crippen LogP contribution in [0.15, 0.2) is 108 Å². The Hall–Kier alpha value is -4.51. The molecule has 0 aliphatic rings. The number of fused-ring (bicyclic) bond motifs is 1. The van der Waals surface area contributed by atoms with E-state index in [0.717, 1.165) is 28.9 Å². The number of carbonyl (C=O) groups excluding carboxylic acids is 1. The van der Waals surface area contributed by atoms with Gasteiger partial charge in [0.05, 0.1) is 17.4 Å². The lowest BCUT2D eigenvalue weighted by Gasteiger charge is -2.14. The molecule has 0 fully saturated rings.